The Bertz CT molecular complexity index is 4520. The fourth-order valence-electron chi connectivity index (χ4n) is 11.0. The number of rotatable bonds is 36. The van der Waals surface area contributed by atoms with E-state index in [4.69, 9.17) is 0 Å². The molecule has 0 amide bonds. The van der Waals surface area contributed by atoms with Gasteiger partial charge in [-0.3, -0.25) is 70.8 Å². The maximum absolute atomic E-state index is 12.6. The number of phenolic OH excluding ortho intramolecular Hbond substituents is 4. The molecule has 8 aromatic carbocycles. The number of hydrogen-bond donors (Lipinski definition) is 4. The van der Waals surface area contributed by atoms with Crippen LogP contribution in [0.25, 0.3) is 0 Å². The number of nitro groups is 7. The van der Waals surface area contributed by atoms with Crippen LogP contribution in [-0.2, 0) is 32.1 Å². The number of nitro benzene ring substituents is 7. The highest BCUT2D eigenvalue weighted by molar-refractivity contribution is 5.64. The molecule has 101 heavy (non-hydrogen) atoms. The lowest BCUT2D eigenvalue weighted by atomic mass is 9.92. The first-order chi connectivity index (χ1) is 48.4. The number of unbranched alkanes of at least 4 members (excludes halogenated alkanes) is 11. The first-order valence-corrected chi connectivity index (χ1v) is 32.0. The minimum absolute atomic E-state index is 0.0121. The zero-order valence-electron chi connectivity index (χ0n) is 54.6. The van der Waals surface area contributed by atoms with Gasteiger partial charge in [0.1, 0.15) is 23.0 Å². The summed E-state index contributed by atoms with van der Waals surface area (Å²) in [5, 5.41) is 166. The second kappa shape index (κ2) is 34.9. The maximum Gasteiger partial charge on any atom is 0.278 e. The fourth-order valence-corrected chi connectivity index (χ4v) is 11.0. The first-order valence-electron chi connectivity index (χ1n) is 32.0. The predicted molar refractivity (Wildman–Crippen MR) is 369 cm³/mol. The molecule has 33 heteroatoms. The number of non-ortho nitro benzene ring substituents is 7. The van der Waals surface area contributed by atoms with Crippen LogP contribution in [0.4, 0.5) is 85.3 Å². The first kappa shape index (κ1) is 74.0. The number of aromatic hydroxyl groups is 4. The molecule has 0 aliphatic rings. The molecule has 522 valence electrons. The quantitative estimate of drug-likeness (QED) is 0.0123. The van der Waals surface area contributed by atoms with E-state index in [1.54, 1.807) is 6.07 Å². The van der Waals surface area contributed by atoms with E-state index in [0.29, 0.717) is 36.5 Å². The lowest BCUT2D eigenvalue weighted by Crippen LogP contribution is -1.99. The van der Waals surface area contributed by atoms with Crippen LogP contribution in [0.5, 0.6) is 23.0 Å². The van der Waals surface area contributed by atoms with Crippen LogP contribution in [0, 0.1) is 70.8 Å². The molecule has 0 aromatic heterocycles. The normalized spacial score (nSPS) is 11.5. The predicted octanol–water partition coefficient (Wildman–Crippen LogP) is 20.5. The van der Waals surface area contributed by atoms with Crippen molar-refractivity contribution in [1.29, 1.82) is 0 Å². The SMILES string of the molecule is CCCCCCCCCCc1cc(N=Nc2cccc([N+](=O)[O-])c2)cc(Cc2cc(N=Nc3cc([N+](=O)[O-])cc([N+](=O)[O-])c3)cc(Cc3cc(N=Nc4cc([N+](=O)[O-])cc([N+](=O)[O-])c4)cc(Cc4cc(N=Nc5cc([N+](=O)[O-])cc([N+](=O)[O-])c5)cc(CCCCCCC)c4O)c3O)c2O)c1O. The Labute approximate surface area is 574 Å². The van der Waals surface area contributed by atoms with Crippen molar-refractivity contribution < 1.29 is 54.9 Å². The van der Waals surface area contributed by atoms with Crippen molar-refractivity contribution in [1.82, 2.24) is 0 Å². The zero-order valence-corrected chi connectivity index (χ0v) is 54.6. The van der Waals surface area contributed by atoms with Gasteiger partial charge in [0.15, 0.2) is 0 Å². The van der Waals surface area contributed by atoms with E-state index in [9.17, 15) is 91.2 Å². The molecule has 0 radical (unpaired) electrons. The van der Waals surface area contributed by atoms with E-state index in [0.717, 1.165) is 119 Å². The van der Waals surface area contributed by atoms with E-state index < -0.39 is 86.5 Å². The van der Waals surface area contributed by atoms with Gasteiger partial charge in [0.05, 0.1) is 98.2 Å². The topological polar surface area (TPSA) is 482 Å². The van der Waals surface area contributed by atoms with Gasteiger partial charge in [-0.05, 0) is 91.4 Å². The molecular weight excluding hydrogens is 1310 g/mol. The van der Waals surface area contributed by atoms with E-state index in [2.05, 4.69) is 47.8 Å². The van der Waals surface area contributed by atoms with Gasteiger partial charge in [-0.2, -0.15) is 40.9 Å². The summed E-state index contributed by atoms with van der Waals surface area (Å²) in [6.45, 7) is 4.17. The number of aryl methyl sites for hydroxylation is 2. The molecule has 0 atom stereocenters. The van der Waals surface area contributed by atoms with E-state index >= 15 is 0 Å². The third-order valence-corrected chi connectivity index (χ3v) is 16.1. The van der Waals surface area contributed by atoms with Crippen LogP contribution < -0.4 is 0 Å². The number of hydrogen-bond acceptors (Lipinski definition) is 26. The molecule has 0 bridgehead atoms. The van der Waals surface area contributed by atoms with Crippen molar-refractivity contribution >= 4 is 85.3 Å². The minimum atomic E-state index is -0.874. The summed E-state index contributed by atoms with van der Waals surface area (Å²) in [6, 6.07) is 24.6. The van der Waals surface area contributed by atoms with Crippen molar-refractivity contribution in [3.8, 4) is 23.0 Å². The summed E-state index contributed by atoms with van der Waals surface area (Å²) in [5.41, 5.74) is -4.04. The minimum Gasteiger partial charge on any atom is -0.507 e. The third kappa shape index (κ3) is 20.8. The molecule has 0 fully saturated rings. The number of benzene rings is 8. The van der Waals surface area contributed by atoms with E-state index in [-0.39, 0.29) is 115 Å². The smallest absolute Gasteiger partial charge is 0.278 e. The van der Waals surface area contributed by atoms with Crippen LogP contribution in [-0.4, -0.2) is 54.9 Å². The van der Waals surface area contributed by atoms with Crippen molar-refractivity contribution in [2.24, 2.45) is 40.9 Å². The lowest BCUT2D eigenvalue weighted by Gasteiger charge is -2.17. The van der Waals surface area contributed by atoms with Gasteiger partial charge in [0, 0.05) is 101 Å². The molecule has 0 unspecified atom stereocenters. The van der Waals surface area contributed by atoms with Gasteiger partial charge < -0.3 is 20.4 Å². The molecule has 0 saturated carbocycles. The fraction of sp³-hybridized carbons (Fsp3) is 0.294. The molecule has 0 saturated heterocycles. The van der Waals surface area contributed by atoms with Crippen LogP contribution in [0.1, 0.15) is 142 Å². The molecule has 33 nitrogen and oxygen atoms in total. The second-order valence-corrected chi connectivity index (χ2v) is 23.6. The largest absolute Gasteiger partial charge is 0.507 e. The van der Waals surface area contributed by atoms with Crippen molar-refractivity contribution in [2.45, 2.75) is 129 Å². The Morgan fingerprint density at radius 2 is 0.465 bits per heavy atom. The summed E-state index contributed by atoms with van der Waals surface area (Å²) in [7, 11) is 0. The Balaban J connectivity index is 1.30. The van der Waals surface area contributed by atoms with Gasteiger partial charge in [0.25, 0.3) is 39.8 Å². The molecule has 0 aliphatic heterocycles. The summed E-state index contributed by atoms with van der Waals surface area (Å²) in [6.07, 6.45) is 11.4. The van der Waals surface area contributed by atoms with Gasteiger partial charge in [-0.15, -0.1) is 0 Å². The summed E-state index contributed by atoms with van der Waals surface area (Å²) >= 11 is 0. The average Bonchev–Trinajstić information content (AvgIpc) is 0.800. The molecule has 8 rings (SSSR count). The average molecular weight is 1380 g/mol. The van der Waals surface area contributed by atoms with E-state index in [1.807, 2.05) is 6.92 Å². The monoisotopic (exact) mass is 1380 g/mol. The Morgan fingerprint density at radius 1 is 0.257 bits per heavy atom. The standard InChI is InChI=1S/C68H67N15O18/c1-3-5-7-9-10-11-13-15-18-43-24-51(70-69-50-19-16-20-58(32-50)77(88)89)26-44(66(43)85)21-46-28-53(72-75-56-35-61(80(94)95)40-62(36-56)81(96)97)30-48(67(46)86)23-49-31-54(73-76-57-37-63(82(98)99)41-64(38-57)83(100)101)29-47(68(49)87)22-45-27-52(25-42(65(45)84)17-14-12-8-6-4-2)71-74-55-33-59(78(90)91)39-60(34-55)79(92)93/h16,19-20,24-41,84-87H,3-15,17-18,21-23H2,1-2H3. The molecule has 4 N–H and O–H groups in total. The number of nitrogens with zero attached hydrogens (tertiary/aromatic N) is 15. The second-order valence-electron chi connectivity index (χ2n) is 23.6. The molecular formula is C68H67N15O18. The highest BCUT2D eigenvalue weighted by atomic mass is 16.7. The molecule has 0 aliphatic carbocycles. The summed E-state index contributed by atoms with van der Waals surface area (Å²) < 4.78 is 0. The van der Waals surface area contributed by atoms with Gasteiger partial charge in [0.2, 0.25) is 0 Å². The zero-order chi connectivity index (χ0) is 72.9. The molecule has 0 spiro atoms. The molecule has 8 aromatic rings. The van der Waals surface area contributed by atoms with Crippen molar-refractivity contribution in [2.75, 3.05) is 0 Å². The van der Waals surface area contributed by atoms with Crippen LogP contribution >= 0.6 is 0 Å². The highest BCUT2D eigenvalue weighted by Crippen LogP contribution is 2.43. The van der Waals surface area contributed by atoms with Gasteiger partial charge in [-0.1, -0.05) is 90.5 Å². The Kier molecular flexibility index (Phi) is 25.6. The lowest BCUT2D eigenvalue weighted by molar-refractivity contribution is -0.394. The van der Waals surface area contributed by atoms with E-state index in [1.165, 1.54) is 66.7 Å². The van der Waals surface area contributed by atoms with Crippen LogP contribution in [0.2, 0.25) is 0 Å². The highest BCUT2D eigenvalue weighted by Gasteiger charge is 2.24. The van der Waals surface area contributed by atoms with Gasteiger partial charge >= 0.3 is 0 Å². The van der Waals surface area contributed by atoms with Crippen molar-refractivity contribution in [3.63, 3.8) is 0 Å². The Hall–Kier alpha value is -12.8. The molecule has 0 heterocycles. The summed E-state index contributed by atoms with van der Waals surface area (Å²) in [4.78, 5) is 77.2. The van der Waals surface area contributed by atoms with Gasteiger partial charge in [-0.25, -0.2) is 0 Å². The van der Waals surface area contributed by atoms with Crippen LogP contribution in [0.15, 0.2) is 168 Å². The Morgan fingerprint density at radius 3 is 0.723 bits per heavy atom. The summed E-state index contributed by atoms with van der Waals surface area (Å²) in [5.74, 6) is -1.40. The van der Waals surface area contributed by atoms with Crippen LogP contribution in [0.3, 0.4) is 0 Å². The third-order valence-electron chi connectivity index (χ3n) is 16.1. The maximum atomic E-state index is 12.6. The van der Waals surface area contributed by atoms with Crippen molar-refractivity contribution in [3.05, 3.63) is 243 Å². The number of phenols is 4. The number of azo groups is 4.